The number of carbonyl (C=O) groups excluding carboxylic acids is 2. The molecule has 4 rings (SSSR count). The van der Waals surface area contributed by atoms with Crippen molar-refractivity contribution in [3.8, 4) is 6.07 Å². The van der Waals surface area contributed by atoms with E-state index in [1.165, 1.54) is 35.2 Å². The van der Waals surface area contributed by atoms with Gasteiger partial charge >= 0.3 is 11.9 Å². The summed E-state index contributed by atoms with van der Waals surface area (Å²) in [5.74, 6) is -2.06. The van der Waals surface area contributed by atoms with Crippen molar-refractivity contribution in [2.45, 2.75) is 24.6 Å². The van der Waals surface area contributed by atoms with Gasteiger partial charge in [0.15, 0.2) is 6.23 Å². The number of aliphatic carboxylic acids is 1. The summed E-state index contributed by atoms with van der Waals surface area (Å²) in [6, 6.07) is 16.9. The lowest BCUT2D eigenvalue weighted by atomic mass is 9.85. The van der Waals surface area contributed by atoms with E-state index in [9.17, 15) is 19.5 Å². The average Bonchev–Trinajstić information content (AvgIpc) is 3.02. The van der Waals surface area contributed by atoms with Crippen LogP contribution in [0.2, 0.25) is 0 Å². The van der Waals surface area contributed by atoms with Crippen molar-refractivity contribution in [1.29, 1.82) is 5.26 Å². The standard InChI is InChI=1S/C23H18N2O6/c24-14-16-6-8-17(9-7-16)21(27)30-11-10-18-23(22(28)29,13-15-4-2-1-3-5-15)25-19(26)12-20(25)31-18/h1-10,20H,11-13H2,(H,28,29)/b18-10-/t20-,23-/m1/s1. The van der Waals surface area contributed by atoms with Crippen LogP contribution in [0.3, 0.4) is 0 Å². The van der Waals surface area contributed by atoms with E-state index in [0.717, 1.165) is 5.56 Å². The highest BCUT2D eigenvalue weighted by Crippen LogP contribution is 2.46. The molecule has 2 aliphatic heterocycles. The van der Waals surface area contributed by atoms with Gasteiger partial charge in [-0.25, -0.2) is 9.59 Å². The molecule has 1 N–H and O–H groups in total. The fraction of sp³-hybridized carbons (Fsp3) is 0.217. The lowest BCUT2D eigenvalue weighted by molar-refractivity contribution is -0.170. The molecule has 2 aromatic rings. The van der Waals surface area contributed by atoms with Crippen LogP contribution in [0, 0.1) is 11.3 Å². The zero-order valence-electron chi connectivity index (χ0n) is 16.4. The van der Waals surface area contributed by atoms with E-state index in [4.69, 9.17) is 14.7 Å². The lowest BCUT2D eigenvalue weighted by Crippen LogP contribution is -2.63. The second kappa shape index (κ2) is 7.95. The number of ether oxygens (including phenoxy) is 2. The van der Waals surface area contributed by atoms with E-state index in [1.54, 1.807) is 24.3 Å². The molecule has 1 amide bonds. The maximum atomic E-state index is 12.4. The highest BCUT2D eigenvalue weighted by molar-refractivity contribution is 5.95. The molecule has 31 heavy (non-hydrogen) atoms. The van der Waals surface area contributed by atoms with Crippen LogP contribution in [0.5, 0.6) is 0 Å². The number of nitriles is 1. The van der Waals surface area contributed by atoms with Crippen molar-refractivity contribution >= 4 is 17.8 Å². The van der Waals surface area contributed by atoms with Gasteiger partial charge in [0.25, 0.3) is 0 Å². The summed E-state index contributed by atoms with van der Waals surface area (Å²) < 4.78 is 11.0. The maximum absolute atomic E-state index is 12.4. The number of carboxylic acid groups (broad SMARTS) is 1. The smallest absolute Gasteiger partial charge is 0.338 e. The quantitative estimate of drug-likeness (QED) is 0.565. The third kappa shape index (κ3) is 3.51. The maximum Gasteiger partial charge on any atom is 0.338 e. The molecule has 0 aromatic heterocycles. The minimum Gasteiger partial charge on any atom is -0.479 e. The first-order chi connectivity index (χ1) is 15.0. The lowest BCUT2D eigenvalue weighted by Gasteiger charge is -2.40. The topological polar surface area (TPSA) is 117 Å². The average molecular weight is 418 g/mol. The first-order valence-electron chi connectivity index (χ1n) is 9.60. The fourth-order valence-electron chi connectivity index (χ4n) is 3.82. The Kier molecular flexibility index (Phi) is 5.17. The van der Waals surface area contributed by atoms with Crippen LogP contribution in [-0.2, 0) is 25.5 Å². The predicted octanol–water partition coefficient (Wildman–Crippen LogP) is 2.25. The van der Waals surface area contributed by atoms with Crippen LogP contribution in [0.25, 0.3) is 0 Å². The van der Waals surface area contributed by atoms with E-state index >= 15 is 0 Å². The SMILES string of the molecule is N#Cc1ccc(C(=O)OC/C=C2\O[C@@H]3CC(=O)N3[C@@]2(Cc2ccccc2)C(=O)O)cc1. The molecule has 2 saturated heterocycles. The zero-order chi connectivity index (χ0) is 22.0. The molecule has 0 radical (unpaired) electrons. The van der Waals surface area contributed by atoms with Gasteiger partial charge in [-0.2, -0.15) is 5.26 Å². The predicted molar refractivity (Wildman–Crippen MR) is 106 cm³/mol. The minimum absolute atomic E-state index is 0.0286. The normalized spacial score (nSPS) is 22.8. The summed E-state index contributed by atoms with van der Waals surface area (Å²) in [6.45, 7) is -0.229. The van der Waals surface area contributed by atoms with E-state index in [2.05, 4.69) is 0 Å². The third-order valence-corrected chi connectivity index (χ3v) is 5.38. The van der Waals surface area contributed by atoms with Crippen LogP contribution in [0.1, 0.15) is 27.9 Å². The van der Waals surface area contributed by atoms with Gasteiger partial charge in [0.1, 0.15) is 12.4 Å². The number of hydrogen-bond donors (Lipinski definition) is 1. The number of carbonyl (C=O) groups is 3. The molecule has 8 nitrogen and oxygen atoms in total. The van der Waals surface area contributed by atoms with E-state index < -0.39 is 23.7 Å². The summed E-state index contributed by atoms with van der Waals surface area (Å²) in [6.07, 6.45) is 0.879. The number of β-lactam (4-membered cyclic amide) rings is 1. The Labute approximate surface area is 177 Å². The summed E-state index contributed by atoms with van der Waals surface area (Å²) in [5.41, 5.74) is -0.284. The molecule has 2 fully saturated rings. The van der Waals surface area contributed by atoms with E-state index in [-0.39, 0.29) is 36.7 Å². The largest absolute Gasteiger partial charge is 0.479 e. The molecule has 0 bridgehead atoms. The van der Waals surface area contributed by atoms with Gasteiger partial charge in [-0.05, 0) is 35.9 Å². The number of nitrogens with zero attached hydrogens (tertiary/aromatic N) is 2. The molecule has 2 aromatic carbocycles. The first kappa shape index (κ1) is 20.2. The van der Waals surface area contributed by atoms with Crippen LogP contribution in [-0.4, -0.2) is 46.2 Å². The van der Waals surface area contributed by atoms with Crippen LogP contribution in [0.4, 0.5) is 0 Å². The first-order valence-corrected chi connectivity index (χ1v) is 9.60. The Morgan fingerprint density at radius 2 is 1.94 bits per heavy atom. The Morgan fingerprint density at radius 3 is 2.55 bits per heavy atom. The number of benzene rings is 2. The molecule has 2 heterocycles. The number of fused-ring (bicyclic) bond motifs is 1. The fourth-order valence-corrected chi connectivity index (χ4v) is 3.82. The highest BCUT2D eigenvalue weighted by Gasteiger charge is 2.64. The molecule has 156 valence electrons. The van der Waals surface area contributed by atoms with Crippen molar-refractivity contribution < 1.29 is 29.0 Å². The molecule has 0 aliphatic carbocycles. The summed E-state index contributed by atoms with van der Waals surface area (Å²) in [4.78, 5) is 38.1. The van der Waals surface area contributed by atoms with Crippen LogP contribution >= 0.6 is 0 Å². The van der Waals surface area contributed by atoms with Gasteiger partial charge in [-0.3, -0.25) is 9.69 Å². The Morgan fingerprint density at radius 1 is 1.23 bits per heavy atom. The van der Waals surface area contributed by atoms with Crippen molar-refractivity contribution in [1.82, 2.24) is 4.90 Å². The van der Waals surface area contributed by atoms with Gasteiger partial charge in [-0.1, -0.05) is 30.3 Å². The Balaban J connectivity index is 1.56. The van der Waals surface area contributed by atoms with Crippen molar-refractivity contribution in [3.05, 3.63) is 83.1 Å². The zero-order valence-corrected chi connectivity index (χ0v) is 16.4. The Hall–Kier alpha value is -4.12. The number of hydrogen-bond acceptors (Lipinski definition) is 6. The monoisotopic (exact) mass is 418 g/mol. The molecular weight excluding hydrogens is 400 g/mol. The van der Waals surface area contributed by atoms with Gasteiger partial charge in [0.05, 0.1) is 23.6 Å². The van der Waals surface area contributed by atoms with Gasteiger partial charge < -0.3 is 14.6 Å². The molecule has 2 aliphatic rings. The number of amides is 1. The number of rotatable bonds is 6. The van der Waals surface area contributed by atoms with Crippen LogP contribution in [0.15, 0.2) is 66.4 Å². The van der Waals surface area contributed by atoms with Crippen LogP contribution < -0.4 is 0 Å². The molecule has 0 spiro atoms. The van der Waals surface area contributed by atoms with Gasteiger partial charge in [-0.15, -0.1) is 0 Å². The highest BCUT2D eigenvalue weighted by atomic mass is 16.5. The van der Waals surface area contributed by atoms with Gasteiger partial charge in [0.2, 0.25) is 11.4 Å². The van der Waals surface area contributed by atoms with E-state index in [0.29, 0.717) is 5.56 Å². The minimum atomic E-state index is -1.69. The molecule has 2 atom stereocenters. The number of esters is 1. The van der Waals surface area contributed by atoms with Gasteiger partial charge in [0, 0.05) is 6.42 Å². The van der Waals surface area contributed by atoms with Crippen molar-refractivity contribution in [2.75, 3.05) is 6.61 Å². The second-order valence-electron chi connectivity index (χ2n) is 7.22. The van der Waals surface area contributed by atoms with E-state index in [1.807, 2.05) is 12.1 Å². The van der Waals surface area contributed by atoms with Crippen molar-refractivity contribution in [3.63, 3.8) is 0 Å². The Bertz CT molecular complexity index is 1100. The second-order valence-corrected chi connectivity index (χ2v) is 7.22. The summed E-state index contributed by atoms with van der Waals surface area (Å²) in [5, 5.41) is 19.0. The molecule has 0 unspecified atom stereocenters. The molecule has 0 saturated carbocycles. The summed E-state index contributed by atoms with van der Waals surface area (Å²) >= 11 is 0. The molecular formula is C23H18N2O6. The van der Waals surface area contributed by atoms with Crippen molar-refractivity contribution in [2.24, 2.45) is 0 Å². The number of carboxylic acids is 1. The third-order valence-electron chi connectivity index (χ3n) is 5.38. The summed E-state index contributed by atoms with van der Waals surface area (Å²) in [7, 11) is 0. The molecule has 8 heteroatoms.